The van der Waals surface area contributed by atoms with Gasteiger partial charge in [0.05, 0.1) is 0 Å². The molecule has 0 radical (unpaired) electrons. The summed E-state index contributed by atoms with van der Waals surface area (Å²) in [7, 11) is 0. The smallest absolute Gasteiger partial charge is 0.0104 e. The predicted molar refractivity (Wildman–Crippen MR) is 182 cm³/mol. The highest BCUT2D eigenvalue weighted by Gasteiger charge is 2.27. The summed E-state index contributed by atoms with van der Waals surface area (Å²) in [5.74, 6) is 0.632. The van der Waals surface area contributed by atoms with Gasteiger partial charge in [-0.2, -0.15) is 0 Å². The van der Waals surface area contributed by atoms with Crippen LogP contribution in [-0.2, 0) is 0 Å². The van der Waals surface area contributed by atoms with Crippen molar-refractivity contribution in [1.82, 2.24) is 0 Å². The Morgan fingerprint density at radius 1 is 0.725 bits per heavy atom. The van der Waals surface area contributed by atoms with E-state index in [1.807, 2.05) is 0 Å². The average Bonchev–Trinajstić information content (AvgIpc) is 2.85. The molecule has 0 N–H and O–H groups in total. The minimum absolute atomic E-state index is 0.298. The molecule has 0 saturated carbocycles. The van der Waals surface area contributed by atoms with Crippen LogP contribution in [0.2, 0.25) is 0 Å². The van der Waals surface area contributed by atoms with Crippen LogP contribution in [0.5, 0.6) is 0 Å². The maximum absolute atomic E-state index is 2.45. The zero-order chi connectivity index (χ0) is 29.8. The van der Waals surface area contributed by atoms with Crippen LogP contribution in [0.15, 0.2) is 106 Å². The van der Waals surface area contributed by atoms with E-state index in [4.69, 9.17) is 0 Å². The van der Waals surface area contributed by atoms with E-state index in [1.54, 1.807) is 16.7 Å². The Kier molecular flexibility index (Phi) is 13.7. The van der Waals surface area contributed by atoms with E-state index in [-0.39, 0.29) is 0 Å². The van der Waals surface area contributed by atoms with Crippen LogP contribution < -0.4 is 0 Å². The molecule has 0 heteroatoms. The summed E-state index contributed by atoms with van der Waals surface area (Å²) in [4.78, 5) is 0. The van der Waals surface area contributed by atoms with Crippen LogP contribution in [-0.4, -0.2) is 0 Å². The molecule has 0 amide bonds. The van der Waals surface area contributed by atoms with E-state index in [9.17, 15) is 0 Å². The van der Waals surface area contributed by atoms with Gasteiger partial charge in [-0.1, -0.05) is 129 Å². The van der Waals surface area contributed by atoms with Crippen molar-refractivity contribution < 1.29 is 0 Å². The van der Waals surface area contributed by atoms with Crippen LogP contribution in [0.4, 0.5) is 0 Å². The fourth-order valence-electron chi connectivity index (χ4n) is 6.27. The van der Waals surface area contributed by atoms with Crippen molar-refractivity contribution in [3.63, 3.8) is 0 Å². The third-order valence-electron chi connectivity index (χ3n) is 8.99. The van der Waals surface area contributed by atoms with Crippen LogP contribution in [0.25, 0.3) is 0 Å². The number of rotatable bonds is 12. The molecule has 220 valence electrons. The molecule has 0 spiro atoms. The van der Waals surface area contributed by atoms with Crippen molar-refractivity contribution >= 4 is 0 Å². The second kappa shape index (κ2) is 16.2. The van der Waals surface area contributed by atoms with E-state index in [0.29, 0.717) is 16.7 Å². The van der Waals surface area contributed by atoms with Crippen molar-refractivity contribution in [2.75, 3.05) is 0 Å². The molecule has 0 nitrogen and oxygen atoms in total. The average molecular weight is 541 g/mol. The lowest BCUT2D eigenvalue weighted by molar-refractivity contribution is 0.376. The first kappa shape index (κ1) is 33.9. The number of hydrogen-bond acceptors (Lipinski definition) is 0. The standard InChI is InChI=1S/C40H60/c1-31(19-13-21-33(3)25-27-37-35(5)23-15-29-39(37,7)8)17-11-12-18-32(2)20-14-22-34(4)26-28-38-36(6)24-16-30-40(38,9)10/h11-13,17-19,21,25-28,34H,14-16,20,22-24,29-30H2,1-10H3/b12-11+,19-13+,27-25+,28-26+,31-17+,32-18+,33-21+/t34-/m0/s1. The van der Waals surface area contributed by atoms with Crippen molar-refractivity contribution in [1.29, 1.82) is 0 Å². The van der Waals surface area contributed by atoms with Crippen LogP contribution in [0.1, 0.15) is 127 Å². The van der Waals surface area contributed by atoms with E-state index in [1.165, 1.54) is 80.1 Å². The summed E-state index contributed by atoms with van der Waals surface area (Å²) >= 11 is 0. The third-order valence-corrected chi connectivity index (χ3v) is 8.99. The number of allylic oxidation sites excluding steroid dienone is 18. The first-order valence-corrected chi connectivity index (χ1v) is 15.9. The Balaban J connectivity index is 1.78. The van der Waals surface area contributed by atoms with Crippen molar-refractivity contribution in [2.45, 2.75) is 127 Å². The lowest BCUT2D eigenvalue weighted by Gasteiger charge is -2.33. The van der Waals surface area contributed by atoms with Gasteiger partial charge >= 0.3 is 0 Å². The highest BCUT2D eigenvalue weighted by Crippen LogP contribution is 2.41. The largest absolute Gasteiger partial charge is 0.0814 e. The minimum Gasteiger partial charge on any atom is -0.0814 e. The molecule has 0 aliphatic heterocycles. The molecule has 2 aliphatic carbocycles. The minimum atomic E-state index is 0.298. The summed E-state index contributed by atoms with van der Waals surface area (Å²) in [6, 6.07) is 0. The highest BCUT2D eigenvalue weighted by atomic mass is 14.3. The first-order valence-electron chi connectivity index (χ1n) is 15.9. The Morgan fingerprint density at radius 3 is 1.85 bits per heavy atom. The summed E-state index contributed by atoms with van der Waals surface area (Å²) in [5.41, 5.74) is 10.9. The second-order valence-electron chi connectivity index (χ2n) is 14.0. The third kappa shape index (κ3) is 11.6. The maximum atomic E-state index is 2.45. The molecule has 2 rings (SSSR count). The quantitative estimate of drug-likeness (QED) is 0.216. The van der Waals surface area contributed by atoms with E-state index < -0.39 is 0 Å². The van der Waals surface area contributed by atoms with E-state index in [0.717, 1.165) is 0 Å². The van der Waals surface area contributed by atoms with Gasteiger partial charge in [0.25, 0.3) is 0 Å². The summed E-state index contributed by atoms with van der Waals surface area (Å²) in [5, 5.41) is 0. The summed E-state index contributed by atoms with van der Waals surface area (Å²) in [6.07, 6.45) is 36.3. The molecule has 40 heavy (non-hydrogen) atoms. The van der Waals surface area contributed by atoms with Gasteiger partial charge in [-0.25, -0.2) is 0 Å². The van der Waals surface area contributed by atoms with Gasteiger partial charge in [-0.05, 0) is 120 Å². The molecule has 0 aromatic rings. The van der Waals surface area contributed by atoms with Crippen molar-refractivity contribution in [3.8, 4) is 0 Å². The van der Waals surface area contributed by atoms with Crippen LogP contribution in [0, 0.1) is 16.7 Å². The molecule has 0 saturated heterocycles. The zero-order valence-electron chi connectivity index (χ0n) is 27.8. The Labute approximate surface area is 249 Å². The second-order valence-corrected chi connectivity index (χ2v) is 14.0. The fourth-order valence-corrected chi connectivity index (χ4v) is 6.27. The highest BCUT2D eigenvalue weighted by molar-refractivity contribution is 5.37. The molecule has 0 aromatic carbocycles. The van der Waals surface area contributed by atoms with Crippen LogP contribution in [0.3, 0.4) is 0 Å². The van der Waals surface area contributed by atoms with Gasteiger partial charge in [0.15, 0.2) is 0 Å². The molecule has 0 aromatic heterocycles. The summed E-state index contributed by atoms with van der Waals surface area (Å²) < 4.78 is 0. The molecule has 2 aliphatic rings. The molecule has 0 heterocycles. The van der Waals surface area contributed by atoms with Crippen molar-refractivity contribution in [2.24, 2.45) is 16.7 Å². The van der Waals surface area contributed by atoms with Gasteiger partial charge in [0.1, 0.15) is 0 Å². The van der Waals surface area contributed by atoms with Gasteiger partial charge in [0, 0.05) is 0 Å². The number of hydrogen-bond donors (Lipinski definition) is 0. The van der Waals surface area contributed by atoms with E-state index >= 15 is 0 Å². The lowest BCUT2D eigenvalue weighted by Crippen LogP contribution is -2.19. The van der Waals surface area contributed by atoms with Gasteiger partial charge in [0.2, 0.25) is 0 Å². The molecule has 0 bridgehead atoms. The van der Waals surface area contributed by atoms with Crippen LogP contribution >= 0.6 is 0 Å². The van der Waals surface area contributed by atoms with Gasteiger partial charge in [-0.3, -0.25) is 0 Å². The molecule has 0 fully saturated rings. The molecular formula is C40H60. The molecular weight excluding hydrogens is 480 g/mol. The first-order chi connectivity index (χ1) is 18.8. The maximum Gasteiger partial charge on any atom is -0.0104 e. The normalized spacial score (nSPS) is 22.1. The summed E-state index contributed by atoms with van der Waals surface area (Å²) in [6.45, 7) is 23.2. The molecule has 0 unspecified atom stereocenters. The monoisotopic (exact) mass is 540 g/mol. The Bertz CT molecular complexity index is 1110. The Morgan fingerprint density at radius 2 is 1.25 bits per heavy atom. The molecule has 1 atom stereocenters. The Hall–Kier alpha value is -2.34. The van der Waals surface area contributed by atoms with Crippen molar-refractivity contribution in [3.05, 3.63) is 106 Å². The lowest BCUT2D eigenvalue weighted by atomic mass is 9.72. The predicted octanol–water partition coefficient (Wildman–Crippen LogP) is 12.9. The van der Waals surface area contributed by atoms with Gasteiger partial charge in [-0.15, -0.1) is 0 Å². The SMILES string of the molecule is CC1=C(/C=C/C(C)=C/C=C/C(C)=C/C=C/C=C(\C)CCC[C@H](C)/C=C/C2=C(C)CCCC2(C)C)C(C)(C)CCC1. The zero-order valence-corrected chi connectivity index (χ0v) is 27.8. The topological polar surface area (TPSA) is 0 Å². The van der Waals surface area contributed by atoms with Gasteiger partial charge < -0.3 is 0 Å². The van der Waals surface area contributed by atoms with E-state index in [2.05, 4.69) is 136 Å². The fraction of sp³-hybridized carbons (Fsp3) is 0.550.